The van der Waals surface area contributed by atoms with Crippen molar-refractivity contribution >= 4 is 33.7 Å². The molecule has 0 bridgehead atoms. The summed E-state index contributed by atoms with van der Waals surface area (Å²) in [5.41, 5.74) is 1.01. The first-order valence-corrected chi connectivity index (χ1v) is 13.2. The van der Waals surface area contributed by atoms with Crippen LogP contribution in [0.1, 0.15) is 51.3 Å². The molecule has 12 heteroatoms. The highest BCUT2D eigenvalue weighted by atomic mass is 32.2. The van der Waals surface area contributed by atoms with E-state index in [1.807, 2.05) is 55.8 Å². The first-order valence-electron chi connectivity index (χ1n) is 10.7. The molecular formula is C21H31F2N5O3S2. The Morgan fingerprint density at radius 2 is 1.73 bits per heavy atom. The van der Waals surface area contributed by atoms with Gasteiger partial charge in [0, 0.05) is 11.7 Å². The van der Waals surface area contributed by atoms with Crippen molar-refractivity contribution in [3.8, 4) is 0 Å². The fourth-order valence-electron chi connectivity index (χ4n) is 2.96. The number of thioether (sulfide) groups is 1. The van der Waals surface area contributed by atoms with E-state index >= 15 is 0 Å². The van der Waals surface area contributed by atoms with Gasteiger partial charge in [-0.2, -0.15) is 15.0 Å². The number of hydrogen-bond acceptors (Lipinski definition) is 8. The summed E-state index contributed by atoms with van der Waals surface area (Å²) >= 11 is 1.27. The summed E-state index contributed by atoms with van der Waals surface area (Å²) in [6, 6.07) is 9.22. The normalized spacial score (nSPS) is 14.2. The summed E-state index contributed by atoms with van der Waals surface area (Å²) in [5, 5.41) is 12.8. The fraction of sp³-hybridized carbons (Fsp3) is 0.571. The van der Waals surface area contributed by atoms with Crippen LogP contribution in [0.5, 0.6) is 0 Å². The monoisotopic (exact) mass is 503 g/mol. The zero-order chi connectivity index (χ0) is 24.6. The molecule has 2 atom stereocenters. The average Bonchev–Trinajstić information content (AvgIpc) is 2.72. The van der Waals surface area contributed by atoms with Crippen LogP contribution in [-0.4, -0.2) is 52.8 Å². The molecule has 184 valence electrons. The number of nitrogens with one attached hydrogen (secondary N) is 2. The van der Waals surface area contributed by atoms with Crippen molar-refractivity contribution < 1.29 is 22.3 Å². The van der Waals surface area contributed by atoms with Gasteiger partial charge in [0.15, 0.2) is 5.16 Å². The van der Waals surface area contributed by atoms with E-state index in [9.17, 15) is 22.3 Å². The first kappa shape index (κ1) is 27.2. The van der Waals surface area contributed by atoms with Gasteiger partial charge in [-0.05, 0) is 24.8 Å². The molecule has 0 aliphatic carbocycles. The van der Waals surface area contributed by atoms with E-state index in [-0.39, 0.29) is 40.9 Å². The number of anilines is 2. The molecule has 1 heterocycles. The smallest absolute Gasteiger partial charge is 0.263 e. The van der Waals surface area contributed by atoms with Gasteiger partial charge in [-0.25, -0.2) is 17.2 Å². The SMILES string of the molecule is CCC(F)(F)CS(=O)(=O)Nc1nc(N[C@@H](CO)CC(C)C)nc(SC(C)c2ccccc2)n1. The number of rotatable bonds is 13. The van der Waals surface area contributed by atoms with Crippen LogP contribution in [-0.2, 0) is 10.0 Å². The largest absolute Gasteiger partial charge is 0.394 e. The van der Waals surface area contributed by atoms with Crippen molar-refractivity contribution in [3.05, 3.63) is 35.9 Å². The quantitative estimate of drug-likeness (QED) is 0.346. The Morgan fingerprint density at radius 1 is 1.09 bits per heavy atom. The van der Waals surface area contributed by atoms with E-state index in [0.717, 1.165) is 5.56 Å². The molecule has 0 radical (unpaired) electrons. The van der Waals surface area contributed by atoms with Gasteiger partial charge in [0.2, 0.25) is 21.9 Å². The maximum absolute atomic E-state index is 13.7. The molecule has 0 aliphatic heterocycles. The standard InChI is InChI=1S/C21H31F2N5O3S2/c1-5-21(22,23)13-33(30,31)28-19-25-18(24-17(12-29)11-14(2)3)26-20(27-19)32-15(4)16-9-7-6-8-10-16/h6-10,14-15,17,29H,5,11-13H2,1-4H3,(H2,24,25,26,27,28)/t15?,17-/m1/s1. The van der Waals surface area contributed by atoms with Gasteiger partial charge in [0.25, 0.3) is 5.92 Å². The molecule has 1 aromatic carbocycles. The number of alkyl halides is 2. The number of hydrogen-bond donors (Lipinski definition) is 3. The molecule has 0 saturated carbocycles. The van der Waals surface area contributed by atoms with Gasteiger partial charge in [-0.3, -0.25) is 4.72 Å². The minimum atomic E-state index is -4.41. The lowest BCUT2D eigenvalue weighted by molar-refractivity contribution is 0.0219. The lowest BCUT2D eigenvalue weighted by Gasteiger charge is -2.19. The van der Waals surface area contributed by atoms with E-state index in [2.05, 4.69) is 20.3 Å². The second kappa shape index (κ2) is 11.9. The second-order valence-corrected chi connectivity index (χ2v) is 11.2. The van der Waals surface area contributed by atoms with Gasteiger partial charge in [0.05, 0.1) is 12.6 Å². The van der Waals surface area contributed by atoms with E-state index in [1.165, 1.54) is 18.7 Å². The molecule has 0 aliphatic rings. The Hall–Kier alpha value is -2.05. The van der Waals surface area contributed by atoms with E-state index in [1.54, 1.807) is 0 Å². The molecule has 1 unspecified atom stereocenters. The van der Waals surface area contributed by atoms with Crippen LogP contribution < -0.4 is 10.0 Å². The average molecular weight is 504 g/mol. The van der Waals surface area contributed by atoms with Crippen LogP contribution in [0, 0.1) is 5.92 Å². The highest BCUT2D eigenvalue weighted by Gasteiger charge is 2.34. The minimum Gasteiger partial charge on any atom is -0.394 e. The summed E-state index contributed by atoms with van der Waals surface area (Å²) in [6.45, 7) is 6.96. The van der Waals surface area contributed by atoms with Crippen LogP contribution in [0.4, 0.5) is 20.7 Å². The Labute approximate surface area is 198 Å². The second-order valence-electron chi connectivity index (χ2n) is 8.16. The van der Waals surface area contributed by atoms with Crippen molar-refractivity contribution in [3.63, 3.8) is 0 Å². The minimum absolute atomic E-state index is 0.0485. The predicted molar refractivity (Wildman–Crippen MR) is 127 cm³/mol. The maximum atomic E-state index is 13.7. The van der Waals surface area contributed by atoms with Crippen LogP contribution in [0.15, 0.2) is 35.5 Å². The summed E-state index contributed by atoms with van der Waals surface area (Å²) in [4.78, 5) is 12.5. The van der Waals surface area contributed by atoms with Crippen molar-refractivity contribution in [1.29, 1.82) is 0 Å². The predicted octanol–water partition coefficient (Wildman–Crippen LogP) is 4.33. The molecule has 0 saturated heterocycles. The van der Waals surface area contributed by atoms with Crippen LogP contribution >= 0.6 is 11.8 Å². The Morgan fingerprint density at radius 3 is 2.30 bits per heavy atom. The summed E-state index contributed by atoms with van der Waals surface area (Å²) in [6.07, 6.45) is 0.00977. The number of aromatic nitrogens is 3. The molecular weight excluding hydrogens is 472 g/mol. The van der Waals surface area contributed by atoms with E-state index in [4.69, 9.17) is 0 Å². The van der Waals surface area contributed by atoms with Gasteiger partial charge in [-0.15, -0.1) is 0 Å². The molecule has 1 aromatic heterocycles. The first-order chi connectivity index (χ1) is 15.4. The van der Waals surface area contributed by atoms with Gasteiger partial charge >= 0.3 is 0 Å². The Bertz CT molecular complexity index is 995. The number of sulfonamides is 1. The molecule has 33 heavy (non-hydrogen) atoms. The van der Waals surface area contributed by atoms with Crippen molar-refractivity contribution in [2.24, 2.45) is 5.92 Å². The third-order valence-electron chi connectivity index (χ3n) is 4.64. The number of halogens is 2. The van der Waals surface area contributed by atoms with E-state index in [0.29, 0.717) is 6.42 Å². The summed E-state index contributed by atoms with van der Waals surface area (Å²) in [7, 11) is -4.41. The number of benzene rings is 1. The number of aliphatic hydroxyl groups is 1. The van der Waals surface area contributed by atoms with Crippen LogP contribution in [0.25, 0.3) is 0 Å². The zero-order valence-electron chi connectivity index (χ0n) is 19.1. The highest BCUT2D eigenvalue weighted by molar-refractivity contribution is 7.99. The van der Waals surface area contributed by atoms with E-state index < -0.39 is 28.1 Å². The van der Waals surface area contributed by atoms with Crippen molar-refractivity contribution in [1.82, 2.24) is 15.0 Å². The summed E-state index contributed by atoms with van der Waals surface area (Å²) in [5.74, 6) is -4.78. The lowest BCUT2D eigenvalue weighted by atomic mass is 10.0. The Kier molecular flexibility index (Phi) is 9.80. The molecule has 0 spiro atoms. The van der Waals surface area contributed by atoms with Gasteiger partial charge < -0.3 is 10.4 Å². The molecule has 2 aromatic rings. The number of nitrogens with zero attached hydrogens (tertiary/aromatic N) is 3. The zero-order valence-corrected chi connectivity index (χ0v) is 20.8. The Balaban J connectivity index is 2.34. The van der Waals surface area contributed by atoms with Crippen LogP contribution in [0.2, 0.25) is 0 Å². The third kappa shape index (κ3) is 9.38. The maximum Gasteiger partial charge on any atom is 0.263 e. The molecule has 3 N–H and O–H groups in total. The van der Waals surface area contributed by atoms with Crippen molar-refractivity contribution in [2.75, 3.05) is 22.4 Å². The molecule has 8 nitrogen and oxygen atoms in total. The topological polar surface area (TPSA) is 117 Å². The van der Waals surface area contributed by atoms with Crippen LogP contribution in [0.3, 0.4) is 0 Å². The molecule has 0 fully saturated rings. The molecule has 0 amide bonds. The number of aliphatic hydroxyl groups excluding tert-OH is 1. The fourth-order valence-corrected chi connectivity index (χ4v) is 5.05. The third-order valence-corrected chi connectivity index (χ3v) is 6.96. The van der Waals surface area contributed by atoms with Gasteiger partial charge in [0.1, 0.15) is 5.75 Å². The van der Waals surface area contributed by atoms with Gasteiger partial charge in [-0.1, -0.05) is 62.9 Å². The van der Waals surface area contributed by atoms with Crippen molar-refractivity contribution in [2.45, 2.75) is 62.9 Å². The lowest BCUT2D eigenvalue weighted by Crippen LogP contribution is -2.32. The summed E-state index contributed by atoms with van der Waals surface area (Å²) < 4.78 is 54.0. The molecule has 2 rings (SSSR count). The highest BCUT2D eigenvalue weighted by Crippen LogP contribution is 2.33.